The van der Waals surface area contributed by atoms with E-state index < -0.39 is 0 Å². The lowest BCUT2D eigenvalue weighted by Gasteiger charge is -2.36. The van der Waals surface area contributed by atoms with Gasteiger partial charge in [0.2, 0.25) is 0 Å². The van der Waals surface area contributed by atoms with Crippen molar-refractivity contribution < 1.29 is 9.18 Å². The molecule has 0 radical (unpaired) electrons. The van der Waals surface area contributed by atoms with Crippen molar-refractivity contribution in [3.8, 4) is 11.4 Å². The fraction of sp³-hybridized carbons (Fsp3) is 0.522. The molecule has 2 fully saturated rings. The molecule has 1 aromatic carbocycles. The lowest BCUT2D eigenvalue weighted by Crippen LogP contribution is -2.42. The average Bonchev–Trinajstić information content (AvgIpc) is 2.74. The van der Waals surface area contributed by atoms with Gasteiger partial charge in [0, 0.05) is 37.4 Å². The number of halogens is 1. The summed E-state index contributed by atoms with van der Waals surface area (Å²) in [5.41, 5.74) is 1.34. The summed E-state index contributed by atoms with van der Waals surface area (Å²) in [6.45, 7) is 6.89. The predicted molar refractivity (Wildman–Crippen MR) is 112 cm³/mol. The molecular weight excluding hydrogens is 367 g/mol. The van der Waals surface area contributed by atoms with Gasteiger partial charge in [-0.15, -0.1) is 0 Å². The van der Waals surface area contributed by atoms with Crippen LogP contribution in [0.2, 0.25) is 0 Å². The summed E-state index contributed by atoms with van der Waals surface area (Å²) in [5.74, 6) is 1.65. The van der Waals surface area contributed by atoms with Crippen molar-refractivity contribution in [2.45, 2.75) is 52.0 Å². The first kappa shape index (κ1) is 19.8. The van der Waals surface area contributed by atoms with Crippen molar-refractivity contribution in [2.75, 3.05) is 24.5 Å². The largest absolute Gasteiger partial charge is 0.353 e. The molecule has 29 heavy (non-hydrogen) atoms. The Morgan fingerprint density at radius 3 is 2.45 bits per heavy atom. The van der Waals surface area contributed by atoms with Crippen LogP contribution in [0.15, 0.2) is 30.5 Å². The van der Waals surface area contributed by atoms with E-state index in [0.29, 0.717) is 23.3 Å². The van der Waals surface area contributed by atoms with Crippen molar-refractivity contribution in [3.63, 3.8) is 0 Å². The number of rotatable bonds is 3. The van der Waals surface area contributed by atoms with E-state index in [1.165, 1.54) is 18.6 Å². The number of carbonyl (C=O) groups is 1. The van der Waals surface area contributed by atoms with Gasteiger partial charge in [0.05, 0.1) is 0 Å². The topological polar surface area (TPSA) is 49.3 Å². The van der Waals surface area contributed by atoms with Gasteiger partial charge >= 0.3 is 0 Å². The third-order valence-corrected chi connectivity index (χ3v) is 6.25. The van der Waals surface area contributed by atoms with Crippen molar-refractivity contribution in [3.05, 3.63) is 41.8 Å². The molecule has 3 heterocycles. The number of amides is 1. The number of benzene rings is 1. The third kappa shape index (κ3) is 4.26. The molecule has 0 aliphatic carbocycles. The van der Waals surface area contributed by atoms with Crippen LogP contribution in [0, 0.1) is 11.7 Å². The van der Waals surface area contributed by atoms with E-state index in [9.17, 15) is 9.18 Å². The van der Waals surface area contributed by atoms with E-state index in [4.69, 9.17) is 4.98 Å². The van der Waals surface area contributed by atoms with Gasteiger partial charge in [-0.3, -0.25) is 4.79 Å². The van der Waals surface area contributed by atoms with Gasteiger partial charge in [-0.25, -0.2) is 14.4 Å². The third-order valence-electron chi connectivity index (χ3n) is 6.25. The first-order valence-electron chi connectivity index (χ1n) is 10.7. The molecule has 0 spiro atoms. The Hall–Kier alpha value is -2.50. The van der Waals surface area contributed by atoms with E-state index in [-0.39, 0.29) is 11.7 Å². The molecule has 2 aliphatic rings. The van der Waals surface area contributed by atoms with Gasteiger partial charge in [0.15, 0.2) is 5.82 Å². The number of carbonyl (C=O) groups excluding carboxylic acids is 1. The molecule has 1 aromatic heterocycles. The SMILES string of the molecule is CC1CCN(C(=O)c2cnc(-c3ccc(F)cc3)nc2N2CCCCC2C)CC1. The van der Waals surface area contributed by atoms with Gasteiger partial charge < -0.3 is 9.80 Å². The first-order valence-corrected chi connectivity index (χ1v) is 10.7. The quantitative estimate of drug-likeness (QED) is 0.765. The van der Waals surface area contributed by atoms with Crippen LogP contribution in [0.25, 0.3) is 11.4 Å². The highest BCUT2D eigenvalue weighted by Gasteiger charge is 2.29. The van der Waals surface area contributed by atoms with Crippen LogP contribution in [-0.2, 0) is 0 Å². The Labute approximate surface area is 172 Å². The second-order valence-corrected chi connectivity index (χ2v) is 8.45. The van der Waals surface area contributed by atoms with Gasteiger partial charge in [-0.2, -0.15) is 0 Å². The highest BCUT2D eigenvalue weighted by Crippen LogP contribution is 2.30. The summed E-state index contributed by atoms with van der Waals surface area (Å²) in [4.78, 5) is 26.8. The predicted octanol–water partition coefficient (Wildman–Crippen LogP) is 4.53. The molecule has 1 atom stereocenters. The van der Waals surface area contributed by atoms with Crippen molar-refractivity contribution in [1.29, 1.82) is 0 Å². The molecule has 1 amide bonds. The fourth-order valence-corrected chi connectivity index (χ4v) is 4.28. The van der Waals surface area contributed by atoms with Crippen LogP contribution in [0.4, 0.5) is 10.2 Å². The van der Waals surface area contributed by atoms with Crippen LogP contribution in [0.5, 0.6) is 0 Å². The van der Waals surface area contributed by atoms with Crippen LogP contribution in [-0.4, -0.2) is 46.5 Å². The number of nitrogens with zero attached hydrogens (tertiary/aromatic N) is 4. The average molecular weight is 397 g/mol. The lowest BCUT2D eigenvalue weighted by atomic mass is 9.98. The molecule has 0 bridgehead atoms. The van der Waals surface area contributed by atoms with E-state index in [1.807, 2.05) is 4.90 Å². The van der Waals surface area contributed by atoms with E-state index in [1.54, 1.807) is 18.3 Å². The standard InChI is InChI=1S/C23H29FN4O/c1-16-10-13-27(14-11-16)23(29)20-15-25-21(18-6-8-19(24)9-7-18)26-22(20)28-12-4-3-5-17(28)2/h6-9,15-17H,3-5,10-14H2,1-2H3. The van der Waals surface area contributed by atoms with Crippen LogP contribution in [0.1, 0.15) is 56.3 Å². The summed E-state index contributed by atoms with van der Waals surface area (Å²) < 4.78 is 13.3. The minimum Gasteiger partial charge on any atom is -0.353 e. The summed E-state index contributed by atoms with van der Waals surface area (Å²) in [5, 5.41) is 0. The summed E-state index contributed by atoms with van der Waals surface area (Å²) in [6.07, 6.45) is 7.12. The Kier molecular flexibility index (Phi) is 5.79. The smallest absolute Gasteiger partial charge is 0.259 e. The molecule has 154 valence electrons. The molecule has 2 saturated heterocycles. The zero-order valence-corrected chi connectivity index (χ0v) is 17.3. The molecule has 2 aliphatic heterocycles. The molecule has 0 N–H and O–H groups in total. The normalized spacial score (nSPS) is 20.7. The van der Waals surface area contributed by atoms with Gasteiger partial charge in [-0.1, -0.05) is 6.92 Å². The van der Waals surface area contributed by atoms with Gasteiger partial charge in [0.25, 0.3) is 5.91 Å². The minimum atomic E-state index is -0.287. The fourth-order valence-electron chi connectivity index (χ4n) is 4.28. The Bertz CT molecular complexity index is 862. The highest BCUT2D eigenvalue weighted by atomic mass is 19.1. The minimum absolute atomic E-state index is 0.0235. The Morgan fingerprint density at radius 1 is 1.03 bits per heavy atom. The van der Waals surface area contributed by atoms with E-state index in [0.717, 1.165) is 56.7 Å². The summed E-state index contributed by atoms with van der Waals surface area (Å²) in [6, 6.07) is 6.52. The number of hydrogen-bond donors (Lipinski definition) is 0. The maximum Gasteiger partial charge on any atom is 0.259 e. The Balaban J connectivity index is 1.71. The molecule has 6 heteroatoms. The molecular formula is C23H29FN4O. The zero-order chi connectivity index (χ0) is 20.4. The van der Waals surface area contributed by atoms with Crippen molar-refractivity contribution >= 4 is 11.7 Å². The maximum absolute atomic E-state index is 13.3. The molecule has 4 rings (SSSR count). The van der Waals surface area contributed by atoms with E-state index >= 15 is 0 Å². The number of piperidine rings is 2. The van der Waals surface area contributed by atoms with Gasteiger partial charge in [0.1, 0.15) is 17.2 Å². The first-order chi connectivity index (χ1) is 14.0. The van der Waals surface area contributed by atoms with Crippen molar-refractivity contribution in [1.82, 2.24) is 14.9 Å². The molecule has 5 nitrogen and oxygen atoms in total. The Morgan fingerprint density at radius 2 is 1.76 bits per heavy atom. The second kappa shape index (κ2) is 8.47. The van der Waals surface area contributed by atoms with Gasteiger partial charge in [-0.05, 0) is 69.2 Å². The van der Waals surface area contributed by atoms with Crippen LogP contribution in [0.3, 0.4) is 0 Å². The number of anilines is 1. The van der Waals surface area contributed by atoms with Crippen LogP contribution < -0.4 is 4.90 Å². The highest BCUT2D eigenvalue weighted by molar-refractivity contribution is 5.99. The lowest BCUT2D eigenvalue weighted by molar-refractivity contribution is 0.0697. The summed E-state index contributed by atoms with van der Waals surface area (Å²) >= 11 is 0. The number of aromatic nitrogens is 2. The summed E-state index contributed by atoms with van der Waals surface area (Å²) in [7, 11) is 0. The molecule has 2 aromatic rings. The maximum atomic E-state index is 13.3. The second-order valence-electron chi connectivity index (χ2n) is 8.45. The zero-order valence-electron chi connectivity index (χ0n) is 17.3. The number of hydrogen-bond acceptors (Lipinski definition) is 4. The monoisotopic (exact) mass is 396 g/mol. The van der Waals surface area contributed by atoms with E-state index in [2.05, 4.69) is 23.7 Å². The van der Waals surface area contributed by atoms with Crippen LogP contribution >= 0.6 is 0 Å². The molecule has 0 saturated carbocycles. The number of likely N-dealkylation sites (tertiary alicyclic amines) is 1. The van der Waals surface area contributed by atoms with Crippen molar-refractivity contribution in [2.24, 2.45) is 5.92 Å². The molecule has 1 unspecified atom stereocenters.